The molecule has 9 nitrogen and oxygen atoms in total. The molecule has 2 amide bonds. The first-order valence-corrected chi connectivity index (χ1v) is 13.4. The van der Waals surface area contributed by atoms with Gasteiger partial charge in [0.2, 0.25) is 0 Å². The summed E-state index contributed by atoms with van der Waals surface area (Å²) in [4.78, 5) is 28.3. The van der Waals surface area contributed by atoms with Crippen LogP contribution >= 0.6 is 0 Å². The molecule has 2 aliphatic rings. The molecule has 2 fully saturated rings. The Bertz CT molecular complexity index is 1280. The average molecular weight is 518 g/mol. The van der Waals surface area contributed by atoms with Crippen LogP contribution in [0.15, 0.2) is 54.6 Å². The highest BCUT2D eigenvalue weighted by molar-refractivity contribution is 5.98. The third-order valence-electron chi connectivity index (χ3n) is 6.87. The fourth-order valence-electron chi connectivity index (χ4n) is 5.00. The molecule has 2 saturated heterocycles. The summed E-state index contributed by atoms with van der Waals surface area (Å²) in [6, 6.07) is 13.9. The number of benzene rings is 2. The van der Waals surface area contributed by atoms with Crippen LogP contribution in [-0.2, 0) is 11.3 Å². The summed E-state index contributed by atoms with van der Waals surface area (Å²) in [6.07, 6.45) is 3.60. The van der Waals surface area contributed by atoms with Gasteiger partial charge in [0.05, 0.1) is 32.6 Å². The van der Waals surface area contributed by atoms with Crippen molar-refractivity contribution in [2.45, 2.75) is 32.7 Å². The van der Waals surface area contributed by atoms with Crippen LogP contribution in [0.1, 0.15) is 33.3 Å². The Morgan fingerprint density at radius 1 is 1.03 bits per heavy atom. The Kier molecular flexibility index (Phi) is 7.93. The van der Waals surface area contributed by atoms with E-state index in [2.05, 4.69) is 9.80 Å². The van der Waals surface area contributed by atoms with E-state index in [1.807, 2.05) is 25.1 Å². The number of urea groups is 1. The first kappa shape index (κ1) is 24.6. The summed E-state index contributed by atoms with van der Waals surface area (Å²) in [6.45, 7) is 7.84. The lowest BCUT2D eigenvalue weighted by Crippen LogP contribution is -2.37. The molecule has 2 aliphatic heterocycles. The van der Waals surface area contributed by atoms with E-state index < -0.39 is 6.03 Å². The van der Waals surface area contributed by atoms with Crippen LogP contribution in [0.4, 0.5) is 22.0 Å². The minimum atomic E-state index is -0.621. The zero-order valence-corrected chi connectivity index (χ0v) is 21.9. The molecule has 0 unspecified atom stereocenters. The number of aromatic nitrogens is 2. The van der Waals surface area contributed by atoms with Crippen molar-refractivity contribution in [1.82, 2.24) is 14.9 Å². The Morgan fingerprint density at radius 2 is 1.76 bits per heavy atom. The van der Waals surface area contributed by atoms with Crippen molar-refractivity contribution < 1.29 is 15.6 Å². The van der Waals surface area contributed by atoms with Gasteiger partial charge in [0, 0.05) is 25.2 Å². The summed E-state index contributed by atoms with van der Waals surface area (Å²) < 4.78 is 20.6. The van der Waals surface area contributed by atoms with Crippen LogP contribution in [-0.4, -0.2) is 66.9 Å². The Balaban J connectivity index is 1.57. The summed E-state index contributed by atoms with van der Waals surface area (Å²) in [5, 5.41) is 0. The number of carbonyl (C=O) groups excluding carboxylic acids is 1. The number of piperidine rings is 1. The second kappa shape index (κ2) is 12.2. The Labute approximate surface area is 225 Å². The van der Waals surface area contributed by atoms with Crippen LogP contribution in [0.5, 0.6) is 5.75 Å². The van der Waals surface area contributed by atoms with Gasteiger partial charge in [0.1, 0.15) is 5.69 Å². The topological polar surface area (TPSA) is 97.0 Å². The summed E-state index contributed by atoms with van der Waals surface area (Å²) in [5.74, 6) is 1.92. The number of nitrogens with two attached hydrogens (primary N) is 1. The molecule has 2 N–H and O–H groups in total. The number of morpholine rings is 1. The lowest BCUT2D eigenvalue weighted by molar-refractivity contribution is 0.122. The fraction of sp³-hybridized carbons (Fsp3) is 0.414. The number of amides is 2. The quantitative estimate of drug-likeness (QED) is 0.467. The molecule has 38 heavy (non-hydrogen) atoms. The van der Waals surface area contributed by atoms with Crippen LogP contribution in [0.25, 0.3) is 11.4 Å². The smallest absolute Gasteiger partial charge is 0.323 e. The van der Waals surface area contributed by atoms with Gasteiger partial charge in [-0.3, -0.25) is 9.80 Å². The molecule has 9 heteroatoms. The van der Waals surface area contributed by atoms with Crippen molar-refractivity contribution >= 4 is 23.2 Å². The van der Waals surface area contributed by atoms with E-state index in [9.17, 15) is 4.79 Å². The molecule has 0 aliphatic carbocycles. The number of para-hydroxylation sites is 1. The lowest BCUT2D eigenvalue weighted by Gasteiger charge is -2.31. The van der Waals surface area contributed by atoms with Gasteiger partial charge in [-0.1, -0.05) is 24.6 Å². The molecule has 0 saturated carbocycles. The number of anilines is 3. The third-order valence-corrected chi connectivity index (χ3v) is 6.87. The van der Waals surface area contributed by atoms with Gasteiger partial charge in [-0.2, -0.15) is 0 Å². The minimum absolute atomic E-state index is 0.204. The van der Waals surface area contributed by atoms with Crippen molar-refractivity contribution in [3.05, 3.63) is 60.3 Å². The molecular weight excluding hydrogens is 480 g/mol. The Morgan fingerprint density at radius 3 is 2.45 bits per heavy atom. The van der Waals surface area contributed by atoms with Crippen LogP contribution in [0.3, 0.4) is 0 Å². The molecule has 3 aromatic rings. The SMILES string of the molecule is [2H]c1cc(N(C(N)=O)c2ccccc2)ccc1-c1nc(CN2CCCCC2)c(OCC)c(N2CCOCC2)n1. The van der Waals surface area contributed by atoms with Gasteiger partial charge in [-0.25, -0.2) is 14.8 Å². The van der Waals surface area contributed by atoms with Crippen molar-refractivity contribution in [3.8, 4) is 17.1 Å². The van der Waals surface area contributed by atoms with Crippen molar-refractivity contribution in [3.63, 3.8) is 0 Å². The van der Waals surface area contributed by atoms with Gasteiger partial charge in [0.25, 0.3) is 0 Å². The van der Waals surface area contributed by atoms with E-state index >= 15 is 0 Å². The average Bonchev–Trinajstić information content (AvgIpc) is 2.95. The number of hydrogen-bond acceptors (Lipinski definition) is 7. The van der Waals surface area contributed by atoms with E-state index in [0.29, 0.717) is 68.0 Å². The number of nitrogens with zero attached hydrogens (tertiary/aromatic N) is 5. The highest BCUT2D eigenvalue weighted by Crippen LogP contribution is 2.35. The predicted molar refractivity (Wildman–Crippen MR) is 149 cm³/mol. The zero-order chi connectivity index (χ0) is 27.2. The third kappa shape index (κ3) is 5.89. The van der Waals surface area contributed by atoms with Crippen molar-refractivity contribution in [2.24, 2.45) is 5.73 Å². The summed E-state index contributed by atoms with van der Waals surface area (Å²) >= 11 is 0. The number of carbonyl (C=O) groups is 1. The largest absolute Gasteiger partial charge is 0.488 e. The van der Waals surface area contributed by atoms with E-state index in [0.717, 1.165) is 24.6 Å². The molecule has 0 bridgehead atoms. The highest BCUT2D eigenvalue weighted by Gasteiger charge is 2.25. The Hall–Kier alpha value is -3.69. The number of ether oxygens (including phenoxy) is 2. The minimum Gasteiger partial charge on any atom is -0.488 e. The maximum atomic E-state index is 12.3. The molecule has 3 heterocycles. The van der Waals surface area contributed by atoms with Gasteiger partial charge in [0.15, 0.2) is 17.4 Å². The van der Waals surface area contributed by atoms with Crippen molar-refractivity contribution in [2.75, 3.05) is 55.8 Å². The van der Waals surface area contributed by atoms with Gasteiger partial charge >= 0.3 is 6.03 Å². The molecule has 1 aromatic heterocycles. The molecule has 0 radical (unpaired) electrons. The second-order valence-electron chi connectivity index (χ2n) is 9.49. The molecule has 5 rings (SSSR count). The van der Waals surface area contributed by atoms with E-state index in [-0.39, 0.29) is 6.04 Å². The monoisotopic (exact) mass is 517 g/mol. The normalized spacial score (nSPS) is 16.7. The molecular formula is C29H36N6O3. The van der Waals surface area contributed by atoms with Gasteiger partial charge < -0.3 is 20.1 Å². The van der Waals surface area contributed by atoms with E-state index in [4.69, 9.17) is 26.5 Å². The zero-order valence-electron chi connectivity index (χ0n) is 22.9. The molecule has 200 valence electrons. The van der Waals surface area contributed by atoms with Crippen LogP contribution < -0.4 is 20.3 Å². The van der Waals surface area contributed by atoms with Crippen LogP contribution in [0, 0.1) is 0 Å². The van der Waals surface area contributed by atoms with Gasteiger partial charge in [-0.05, 0) is 69.2 Å². The standard InChI is InChI=1S/C29H36N6O3/c1-2-38-26-25(21-33-15-7-4-8-16-33)31-27(32-28(26)34-17-19-37-20-18-34)22-11-13-24(14-12-22)35(29(30)36)23-9-5-3-6-10-23/h3,5-6,9-14H,2,4,7-8,15-21H2,1H3,(H2,30,36)/i11D. The molecule has 0 atom stereocenters. The number of likely N-dealkylation sites (tertiary alicyclic amines) is 1. The molecule has 0 spiro atoms. The lowest BCUT2D eigenvalue weighted by atomic mass is 10.1. The van der Waals surface area contributed by atoms with Crippen molar-refractivity contribution in [1.29, 1.82) is 0 Å². The summed E-state index contributed by atoms with van der Waals surface area (Å²) in [5.41, 5.74) is 8.27. The van der Waals surface area contributed by atoms with Gasteiger partial charge in [-0.15, -0.1) is 0 Å². The maximum Gasteiger partial charge on any atom is 0.323 e. The number of hydrogen-bond donors (Lipinski definition) is 1. The first-order chi connectivity index (χ1) is 19.0. The predicted octanol–water partition coefficient (Wildman–Crippen LogP) is 4.58. The number of rotatable bonds is 8. The van der Waals surface area contributed by atoms with E-state index in [1.165, 1.54) is 24.2 Å². The van der Waals surface area contributed by atoms with E-state index in [1.54, 1.807) is 30.3 Å². The fourth-order valence-corrected chi connectivity index (χ4v) is 5.00. The first-order valence-electron chi connectivity index (χ1n) is 13.9. The maximum absolute atomic E-state index is 12.3. The molecule has 2 aromatic carbocycles. The highest BCUT2D eigenvalue weighted by atomic mass is 16.5. The summed E-state index contributed by atoms with van der Waals surface area (Å²) in [7, 11) is 0. The second-order valence-corrected chi connectivity index (χ2v) is 9.49. The number of primary amides is 1. The van der Waals surface area contributed by atoms with Crippen LogP contribution in [0.2, 0.25) is 0 Å².